The Morgan fingerprint density at radius 2 is 1.48 bits per heavy atom. The van der Waals surface area contributed by atoms with Crippen molar-refractivity contribution in [1.29, 1.82) is 0 Å². The molecule has 1 rings (SSSR count). The number of unbranched alkanes of at least 4 members (excludes halogenated alkanes) is 7. The lowest BCUT2D eigenvalue weighted by Gasteiger charge is -2.55. The third-order valence-corrected chi connectivity index (χ3v) is 5.54. The molecule has 0 unspecified atom stereocenters. The number of rotatable bonds is 11. The highest BCUT2D eigenvalue weighted by atomic mass is 16.5. The third-order valence-electron chi connectivity index (χ3n) is 5.54. The summed E-state index contributed by atoms with van der Waals surface area (Å²) in [4.78, 5) is 14.0. The van der Waals surface area contributed by atoms with Crippen LogP contribution < -0.4 is 0 Å². The summed E-state index contributed by atoms with van der Waals surface area (Å²) >= 11 is 0. The Kier molecular flexibility index (Phi) is 9.20. The average molecular weight is 352 g/mol. The first-order valence-electron chi connectivity index (χ1n) is 10.2. The number of nitrogens with zero attached hydrogens (tertiary/aromatic N) is 1. The van der Waals surface area contributed by atoms with Gasteiger partial charge in [-0.15, -0.1) is 6.58 Å². The Balaban J connectivity index is 2.34. The van der Waals surface area contributed by atoms with Gasteiger partial charge in [-0.05, 0) is 53.5 Å². The van der Waals surface area contributed by atoms with E-state index in [1.54, 1.807) is 0 Å². The fourth-order valence-corrected chi connectivity index (χ4v) is 4.59. The van der Waals surface area contributed by atoms with Crippen LogP contribution in [0.15, 0.2) is 12.7 Å². The highest BCUT2D eigenvalue weighted by Crippen LogP contribution is 2.39. The topological polar surface area (TPSA) is 29.5 Å². The van der Waals surface area contributed by atoms with Crippen molar-refractivity contribution in [2.45, 2.75) is 116 Å². The number of hydrogen-bond donors (Lipinski definition) is 0. The molecule has 146 valence electrons. The van der Waals surface area contributed by atoms with E-state index in [0.717, 1.165) is 25.8 Å². The summed E-state index contributed by atoms with van der Waals surface area (Å²) < 4.78 is 5.54. The summed E-state index contributed by atoms with van der Waals surface area (Å²) in [6, 6.07) is 0. The molecule has 25 heavy (non-hydrogen) atoms. The Hall–Kier alpha value is -0.830. The molecule has 3 nitrogen and oxygen atoms in total. The molecule has 0 aliphatic carbocycles. The number of carbonyl (C=O) groups is 1. The van der Waals surface area contributed by atoms with Gasteiger partial charge in [0.05, 0.1) is 0 Å². The van der Waals surface area contributed by atoms with Crippen LogP contribution in [0.1, 0.15) is 98.8 Å². The maximum absolute atomic E-state index is 11.3. The summed E-state index contributed by atoms with van der Waals surface area (Å²) in [5, 5.41) is 0. The van der Waals surface area contributed by atoms with Gasteiger partial charge in [0.25, 0.3) is 0 Å². The first-order valence-corrected chi connectivity index (χ1v) is 10.2. The average Bonchev–Trinajstić information content (AvgIpc) is 2.45. The third kappa shape index (κ3) is 7.94. The number of ether oxygens (including phenoxy) is 1. The van der Waals surface area contributed by atoms with Crippen LogP contribution >= 0.6 is 0 Å². The zero-order valence-corrected chi connectivity index (χ0v) is 17.4. The molecular weight excluding hydrogens is 310 g/mol. The van der Waals surface area contributed by atoms with Crippen molar-refractivity contribution < 1.29 is 9.53 Å². The van der Waals surface area contributed by atoms with E-state index in [2.05, 4.69) is 39.2 Å². The maximum atomic E-state index is 11.3. The van der Waals surface area contributed by atoms with Crippen LogP contribution in [0.4, 0.5) is 0 Å². The molecule has 3 heteroatoms. The quantitative estimate of drug-likeness (QED) is 0.264. The monoisotopic (exact) mass is 351 g/mol. The van der Waals surface area contributed by atoms with E-state index in [1.165, 1.54) is 51.9 Å². The predicted molar refractivity (Wildman–Crippen MR) is 107 cm³/mol. The Morgan fingerprint density at radius 1 is 1.00 bits per heavy atom. The Morgan fingerprint density at radius 3 is 1.96 bits per heavy atom. The minimum absolute atomic E-state index is 0.0503. The fourth-order valence-electron chi connectivity index (χ4n) is 4.59. The van der Waals surface area contributed by atoms with E-state index < -0.39 is 0 Å². The second-order valence-corrected chi connectivity index (χ2v) is 8.97. The molecule has 0 atom stereocenters. The van der Waals surface area contributed by atoms with E-state index in [1.807, 2.05) is 6.08 Å². The second kappa shape index (κ2) is 10.4. The first kappa shape index (κ1) is 22.2. The number of carbonyl (C=O) groups excluding carboxylic acids is 1. The lowest BCUT2D eigenvalue weighted by atomic mass is 9.78. The fraction of sp³-hybridized carbons (Fsp3) is 0.864. The van der Waals surface area contributed by atoms with Crippen molar-refractivity contribution in [3.63, 3.8) is 0 Å². The molecule has 1 aliphatic rings. The van der Waals surface area contributed by atoms with Crippen molar-refractivity contribution in [1.82, 2.24) is 4.90 Å². The van der Waals surface area contributed by atoms with Gasteiger partial charge in [-0.25, -0.2) is 0 Å². The molecule has 1 fully saturated rings. The zero-order valence-electron chi connectivity index (χ0n) is 17.4. The molecule has 0 amide bonds. The van der Waals surface area contributed by atoms with E-state index in [9.17, 15) is 4.79 Å². The summed E-state index contributed by atoms with van der Waals surface area (Å²) in [5.74, 6) is -0.154. The van der Waals surface area contributed by atoms with Crippen molar-refractivity contribution in [3.05, 3.63) is 12.7 Å². The van der Waals surface area contributed by atoms with Gasteiger partial charge in [0.1, 0.15) is 6.10 Å². The predicted octanol–water partition coefficient (Wildman–Crippen LogP) is 5.88. The number of allylic oxidation sites excluding steroid dienone is 1. The molecule has 1 saturated heterocycles. The number of esters is 1. The normalized spacial score (nSPS) is 20.4. The van der Waals surface area contributed by atoms with Crippen LogP contribution in [0.2, 0.25) is 0 Å². The Bertz CT molecular complexity index is 396. The summed E-state index contributed by atoms with van der Waals surface area (Å²) in [6.45, 7) is 15.6. The van der Waals surface area contributed by atoms with Crippen molar-refractivity contribution >= 4 is 5.97 Å². The molecular formula is C22H41NO2. The van der Waals surface area contributed by atoms with E-state index >= 15 is 0 Å². The van der Waals surface area contributed by atoms with Crippen LogP contribution in [0.25, 0.3) is 0 Å². The highest BCUT2D eigenvalue weighted by molar-refractivity contribution is 5.66. The molecule has 1 heterocycles. The standard InChI is InChI=1S/C22H41NO2/c1-7-8-9-10-11-12-13-14-15-16-23-21(3,4)17-20(25-19(2)24)18-22(23,5)6/h7,20H,1,8-18H2,2-6H3. The number of hydrogen-bond acceptors (Lipinski definition) is 3. The van der Waals surface area contributed by atoms with Gasteiger partial charge >= 0.3 is 5.97 Å². The van der Waals surface area contributed by atoms with Gasteiger partial charge in [-0.1, -0.05) is 38.2 Å². The van der Waals surface area contributed by atoms with Crippen LogP contribution in [0.3, 0.4) is 0 Å². The van der Waals surface area contributed by atoms with Crippen LogP contribution in [-0.4, -0.2) is 34.6 Å². The molecule has 0 spiro atoms. The molecule has 1 aliphatic heterocycles. The lowest BCUT2D eigenvalue weighted by Crippen LogP contribution is -2.62. The molecule has 0 N–H and O–H groups in total. The van der Waals surface area contributed by atoms with Crippen LogP contribution in [0, 0.1) is 0 Å². The molecule has 0 aromatic rings. The van der Waals surface area contributed by atoms with Gasteiger partial charge < -0.3 is 4.74 Å². The van der Waals surface area contributed by atoms with Gasteiger partial charge in [0, 0.05) is 30.8 Å². The van der Waals surface area contributed by atoms with Gasteiger partial charge in [-0.2, -0.15) is 0 Å². The van der Waals surface area contributed by atoms with E-state index in [4.69, 9.17) is 4.74 Å². The van der Waals surface area contributed by atoms with E-state index in [-0.39, 0.29) is 23.2 Å². The lowest BCUT2D eigenvalue weighted by molar-refractivity contribution is -0.157. The van der Waals surface area contributed by atoms with E-state index in [0.29, 0.717) is 0 Å². The van der Waals surface area contributed by atoms with Gasteiger partial charge in [-0.3, -0.25) is 9.69 Å². The SMILES string of the molecule is C=CCCCCCCCCCN1C(C)(C)CC(OC(C)=O)CC1(C)C. The molecule has 0 saturated carbocycles. The zero-order chi connectivity index (χ0) is 18.9. The molecule has 0 aromatic heterocycles. The molecule has 0 aromatic carbocycles. The van der Waals surface area contributed by atoms with Gasteiger partial charge in [0.2, 0.25) is 0 Å². The van der Waals surface area contributed by atoms with Crippen molar-refractivity contribution in [2.24, 2.45) is 0 Å². The summed E-state index contributed by atoms with van der Waals surface area (Å²) in [6.07, 6.45) is 14.4. The summed E-state index contributed by atoms with van der Waals surface area (Å²) in [7, 11) is 0. The number of likely N-dealkylation sites (tertiary alicyclic amines) is 1. The largest absolute Gasteiger partial charge is 0.462 e. The second-order valence-electron chi connectivity index (χ2n) is 8.97. The number of piperidine rings is 1. The van der Waals surface area contributed by atoms with Crippen molar-refractivity contribution in [3.8, 4) is 0 Å². The molecule has 0 radical (unpaired) electrons. The summed E-state index contributed by atoms with van der Waals surface area (Å²) in [5.41, 5.74) is 0.152. The molecule has 0 bridgehead atoms. The Labute approximate surface area is 156 Å². The van der Waals surface area contributed by atoms with Crippen LogP contribution in [0.5, 0.6) is 0 Å². The smallest absolute Gasteiger partial charge is 0.302 e. The highest BCUT2D eigenvalue weighted by Gasteiger charge is 2.45. The maximum Gasteiger partial charge on any atom is 0.302 e. The van der Waals surface area contributed by atoms with Crippen molar-refractivity contribution in [2.75, 3.05) is 6.54 Å². The minimum Gasteiger partial charge on any atom is -0.462 e. The first-order chi connectivity index (χ1) is 11.7. The van der Waals surface area contributed by atoms with Crippen LogP contribution in [-0.2, 0) is 9.53 Å². The van der Waals surface area contributed by atoms with Gasteiger partial charge in [0.15, 0.2) is 0 Å². The minimum atomic E-state index is -0.154.